The molecule has 11 rings (SSSR count). The zero-order chi connectivity index (χ0) is 35.6. The summed E-state index contributed by atoms with van der Waals surface area (Å²) in [4.78, 5) is 10.6. The number of nitrogens with zero attached hydrogens (tertiary/aromatic N) is 2. The maximum Gasteiger partial charge on any atom is 0.163 e. The van der Waals surface area contributed by atoms with Crippen LogP contribution in [0, 0.1) is 0 Å². The van der Waals surface area contributed by atoms with Crippen molar-refractivity contribution in [3.8, 4) is 22.3 Å². The van der Waals surface area contributed by atoms with Crippen LogP contribution in [0.4, 0.5) is 0 Å². The van der Waals surface area contributed by atoms with Crippen molar-refractivity contribution < 1.29 is 8.83 Å². The van der Waals surface area contributed by atoms with Crippen molar-refractivity contribution in [2.45, 2.75) is 6.17 Å². The standard InChI is InChI=1S/C49H31N3O2/c1-2-12-30(13-3-1)31-24-26-32(27-25-31)47-50-48(52-49(51-47)40-20-10-19-38-36-16-6-8-21-42(36)54-46(38)40)34-28-33-14-4-5-15-35(33)41(29-34)37-18-11-23-44-45(37)39-17-7-9-22-43(39)53-44/h1-29,47H,(H,50,51,52). The molecular formula is C49H31N3O2. The van der Waals surface area contributed by atoms with E-state index in [1.54, 1.807) is 0 Å². The number of amidine groups is 2. The largest absolute Gasteiger partial charge is 0.456 e. The van der Waals surface area contributed by atoms with Gasteiger partial charge in [-0.25, -0.2) is 9.98 Å². The van der Waals surface area contributed by atoms with E-state index in [9.17, 15) is 0 Å². The second-order valence-electron chi connectivity index (χ2n) is 13.8. The molecule has 1 aliphatic heterocycles. The molecule has 1 atom stereocenters. The van der Waals surface area contributed by atoms with E-state index in [1.165, 1.54) is 5.56 Å². The van der Waals surface area contributed by atoms with Crippen molar-refractivity contribution >= 4 is 66.3 Å². The van der Waals surface area contributed by atoms with Gasteiger partial charge in [-0.05, 0) is 75.0 Å². The van der Waals surface area contributed by atoms with Crippen molar-refractivity contribution in [2.24, 2.45) is 9.98 Å². The molecule has 5 nitrogen and oxygen atoms in total. The Morgan fingerprint density at radius 3 is 1.94 bits per heavy atom. The van der Waals surface area contributed by atoms with Crippen LogP contribution < -0.4 is 5.32 Å². The van der Waals surface area contributed by atoms with Crippen molar-refractivity contribution in [3.05, 3.63) is 193 Å². The number of furan rings is 2. The third-order valence-corrected chi connectivity index (χ3v) is 10.5. The van der Waals surface area contributed by atoms with Gasteiger partial charge in [-0.3, -0.25) is 0 Å². The number of hydrogen-bond acceptors (Lipinski definition) is 5. The Bertz CT molecular complexity index is 3130. The van der Waals surface area contributed by atoms with Gasteiger partial charge in [-0.15, -0.1) is 0 Å². The van der Waals surface area contributed by atoms with Crippen LogP contribution in [0.15, 0.2) is 195 Å². The Kier molecular flexibility index (Phi) is 6.85. The summed E-state index contributed by atoms with van der Waals surface area (Å²) in [6.07, 6.45) is -0.395. The van der Waals surface area contributed by atoms with Gasteiger partial charge in [0, 0.05) is 27.1 Å². The van der Waals surface area contributed by atoms with Crippen LogP contribution in [0.5, 0.6) is 0 Å². The summed E-state index contributed by atoms with van der Waals surface area (Å²) < 4.78 is 12.8. The van der Waals surface area contributed by atoms with Gasteiger partial charge in [0.2, 0.25) is 0 Å². The molecule has 8 aromatic carbocycles. The molecule has 254 valence electrons. The number of fused-ring (bicyclic) bond motifs is 7. The molecule has 10 aromatic rings. The van der Waals surface area contributed by atoms with Crippen molar-refractivity contribution in [3.63, 3.8) is 0 Å². The SMILES string of the molecule is c1ccc(-c2ccc(C3N=C(c4cccc5c4oc4ccccc45)N=C(c4cc(-c5cccc6oc7ccccc7c56)c5ccccc5c4)N3)cc2)cc1. The first-order chi connectivity index (χ1) is 26.7. The fourth-order valence-corrected chi connectivity index (χ4v) is 7.97. The minimum atomic E-state index is -0.395. The second kappa shape index (κ2) is 12.2. The zero-order valence-electron chi connectivity index (χ0n) is 29.0. The molecule has 1 N–H and O–H groups in total. The van der Waals surface area contributed by atoms with Gasteiger partial charge < -0.3 is 14.2 Å². The van der Waals surface area contributed by atoms with E-state index in [2.05, 4.69) is 139 Å². The average molecular weight is 694 g/mol. The van der Waals surface area contributed by atoms with Crippen LogP contribution in [0.2, 0.25) is 0 Å². The average Bonchev–Trinajstić information content (AvgIpc) is 3.82. The van der Waals surface area contributed by atoms with E-state index in [0.717, 1.165) is 93.9 Å². The number of nitrogens with one attached hydrogen (secondary N) is 1. The molecule has 0 radical (unpaired) electrons. The van der Waals surface area contributed by atoms with E-state index in [4.69, 9.17) is 18.8 Å². The lowest BCUT2D eigenvalue weighted by atomic mass is 9.92. The molecule has 0 fully saturated rings. The topological polar surface area (TPSA) is 63.0 Å². The highest BCUT2D eigenvalue weighted by molar-refractivity contribution is 6.21. The summed E-state index contributed by atoms with van der Waals surface area (Å²) in [5.41, 5.74) is 10.8. The summed E-state index contributed by atoms with van der Waals surface area (Å²) in [5, 5.41) is 10.3. The summed E-state index contributed by atoms with van der Waals surface area (Å²) in [6.45, 7) is 0. The Morgan fingerprint density at radius 2 is 1.09 bits per heavy atom. The number of para-hydroxylation sites is 3. The van der Waals surface area contributed by atoms with Gasteiger partial charge in [0.1, 0.15) is 34.3 Å². The van der Waals surface area contributed by atoms with E-state index in [-0.39, 0.29) is 0 Å². The molecule has 0 spiro atoms. The zero-order valence-corrected chi connectivity index (χ0v) is 29.0. The molecule has 0 aliphatic carbocycles. The lowest BCUT2D eigenvalue weighted by Crippen LogP contribution is -2.33. The summed E-state index contributed by atoms with van der Waals surface area (Å²) in [5.74, 6) is 1.35. The van der Waals surface area contributed by atoms with E-state index in [0.29, 0.717) is 5.84 Å². The highest BCUT2D eigenvalue weighted by atomic mass is 16.3. The number of rotatable bonds is 5. The molecule has 3 heterocycles. The summed E-state index contributed by atoms with van der Waals surface area (Å²) >= 11 is 0. The maximum absolute atomic E-state index is 6.51. The molecule has 1 unspecified atom stereocenters. The summed E-state index contributed by atoms with van der Waals surface area (Å²) in [6, 6.07) is 61.1. The molecule has 54 heavy (non-hydrogen) atoms. The van der Waals surface area contributed by atoms with Crippen molar-refractivity contribution in [1.29, 1.82) is 0 Å². The third-order valence-electron chi connectivity index (χ3n) is 10.5. The smallest absolute Gasteiger partial charge is 0.163 e. The van der Waals surface area contributed by atoms with Crippen LogP contribution in [-0.4, -0.2) is 11.7 Å². The number of hydrogen-bond donors (Lipinski definition) is 1. The summed E-state index contributed by atoms with van der Waals surface area (Å²) in [7, 11) is 0. The molecule has 1 aliphatic rings. The normalized spacial score (nSPS) is 14.5. The predicted molar refractivity (Wildman–Crippen MR) is 221 cm³/mol. The first-order valence-corrected chi connectivity index (χ1v) is 18.2. The first kappa shape index (κ1) is 30.4. The third kappa shape index (κ3) is 4.94. The Labute approximate surface area is 310 Å². The van der Waals surface area contributed by atoms with Crippen LogP contribution in [0.3, 0.4) is 0 Å². The Hall–Kier alpha value is -7.24. The van der Waals surface area contributed by atoms with Crippen LogP contribution in [-0.2, 0) is 0 Å². The van der Waals surface area contributed by atoms with Crippen molar-refractivity contribution in [1.82, 2.24) is 5.32 Å². The highest BCUT2D eigenvalue weighted by Crippen LogP contribution is 2.40. The Balaban J connectivity index is 1.11. The molecule has 5 heteroatoms. The minimum Gasteiger partial charge on any atom is -0.456 e. The van der Waals surface area contributed by atoms with Gasteiger partial charge in [-0.2, -0.15) is 0 Å². The Morgan fingerprint density at radius 1 is 0.444 bits per heavy atom. The molecule has 0 bridgehead atoms. The van der Waals surface area contributed by atoms with E-state index in [1.807, 2.05) is 42.5 Å². The fraction of sp³-hybridized carbons (Fsp3) is 0.0204. The van der Waals surface area contributed by atoms with E-state index < -0.39 is 6.17 Å². The van der Waals surface area contributed by atoms with Gasteiger partial charge >= 0.3 is 0 Å². The molecule has 0 saturated carbocycles. The number of benzene rings is 8. The lowest BCUT2D eigenvalue weighted by molar-refractivity contribution is 0.663. The number of aliphatic imine (C=N–C) groups is 2. The van der Waals surface area contributed by atoms with E-state index >= 15 is 0 Å². The van der Waals surface area contributed by atoms with Gasteiger partial charge in [-0.1, -0.05) is 140 Å². The quantitative estimate of drug-likeness (QED) is 0.195. The highest BCUT2D eigenvalue weighted by Gasteiger charge is 2.25. The molecular weight excluding hydrogens is 663 g/mol. The van der Waals surface area contributed by atoms with Crippen molar-refractivity contribution in [2.75, 3.05) is 0 Å². The lowest BCUT2D eigenvalue weighted by Gasteiger charge is -2.24. The monoisotopic (exact) mass is 693 g/mol. The first-order valence-electron chi connectivity index (χ1n) is 18.2. The molecule has 0 saturated heterocycles. The minimum absolute atomic E-state index is 0.395. The fourth-order valence-electron chi connectivity index (χ4n) is 7.97. The van der Waals surface area contributed by atoms with Gasteiger partial charge in [0.05, 0.1) is 5.56 Å². The van der Waals surface area contributed by atoms with Crippen LogP contribution in [0.25, 0.3) is 76.9 Å². The van der Waals surface area contributed by atoms with Gasteiger partial charge in [0.15, 0.2) is 5.84 Å². The van der Waals surface area contributed by atoms with Crippen LogP contribution in [0.1, 0.15) is 22.9 Å². The predicted octanol–water partition coefficient (Wildman–Crippen LogP) is 12.5. The van der Waals surface area contributed by atoms with Gasteiger partial charge in [0.25, 0.3) is 0 Å². The molecule has 0 amide bonds. The second-order valence-corrected chi connectivity index (χ2v) is 13.8. The molecule has 2 aromatic heterocycles. The van der Waals surface area contributed by atoms with Crippen LogP contribution >= 0.6 is 0 Å². The maximum atomic E-state index is 6.51.